The summed E-state index contributed by atoms with van der Waals surface area (Å²) in [5, 5.41) is 2.30. The van der Waals surface area contributed by atoms with Crippen molar-refractivity contribution < 1.29 is 25.5 Å². The molecule has 0 aliphatic carbocycles. The number of benzene rings is 6. The first kappa shape index (κ1) is 30.3. The van der Waals surface area contributed by atoms with Crippen LogP contribution in [0.1, 0.15) is 0 Å². The molecule has 2 unspecified atom stereocenters. The van der Waals surface area contributed by atoms with Crippen LogP contribution in [0.5, 0.6) is 0 Å². The molecular weight excluding hydrogens is 634 g/mol. The molecule has 1 aliphatic rings. The van der Waals surface area contributed by atoms with Gasteiger partial charge in [0.25, 0.3) is 0 Å². The molecule has 1 aliphatic heterocycles. The molecule has 6 aromatic carbocycles. The van der Waals surface area contributed by atoms with Crippen molar-refractivity contribution in [3.8, 4) is 11.1 Å². The zero-order chi connectivity index (χ0) is 31.7. The van der Waals surface area contributed by atoms with E-state index in [2.05, 4.69) is 0 Å². The van der Waals surface area contributed by atoms with Crippen molar-refractivity contribution in [2.45, 2.75) is 5.80 Å². The van der Waals surface area contributed by atoms with Crippen molar-refractivity contribution in [2.24, 2.45) is 0 Å². The van der Waals surface area contributed by atoms with Gasteiger partial charge in [-0.1, -0.05) is 176 Å². The molecule has 7 rings (SSSR count). The van der Waals surface area contributed by atoms with Gasteiger partial charge in [-0.05, 0) is 26.7 Å². The highest BCUT2D eigenvalue weighted by molar-refractivity contribution is 7.14. The first-order valence-corrected chi connectivity index (χ1v) is 20.4. The van der Waals surface area contributed by atoms with Gasteiger partial charge in [0.05, 0.1) is 0 Å². The van der Waals surface area contributed by atoms with Gasteiger partial charge in [-0.3, -0.25) is 0 Å². The zero-order valence-electron chi connectivity index (χ0n) is 24.6. The molecule has 9 heteroatoms. The van der Waals surface area contributed by atoms with Crippen LogP contribution >= 0.6 is 0 Å². The number of hydrogen-bond acceptors (Lipinski definition) is 3. The van der Waals surface area contributed by atoms with Gasteiger partial charge in [-0.25, -0.2) is 0 Å². The maximum absolute atomic E-state index is 16.3. The van der Waals surface area contributed by atoms with E-state index in [0.29, 0.717) is 20.7 Å². The second-order valence-corrected chi connectivity index (χ2v) is 20.6. The lowest BCUT2D eigenvalue weighted by atomic mass is 10.1. The van der Waals surface area contributed by atoms with Gasteiger partial charge in [-0.15, -0.1) is 0 Å². The van der Waals surface area contributed by atoms with E-state index in [4.69, 9.17) is 12.3 Å². The van der Waals surface area contributed by atoms with Crippen molar-refractivity contribution in [3.05, 3.63) is 176 Å². The van der Waals surface area contributed by atoms with E-state index in [1.54, 1.807) is 18.2 Å². The summed E-state index contributed by atoms with van der Waals surface area (Å²) in [4.78, 5) is 0. The molecule has 1 saturated heterocycles. The van der Waals surface area contributed by atoms with Crippen LogP contribution < -0.4 is 25.9 Å². The summed E-state index contributed by atoms with van der Waals surface area (Å²) >= 11 is 0. The Hall–Kier alpha value is -4.36. The molecule has 0 N–H and O–H groups in total. The summed E-state index contributed by atoms with van der Waals surface area (Å²) in [6, 6.07) is 52.4. The normalized spacial score (nSPS) is 21.0. The van der Waals surface area contributed by atoms with Gasteiger partial charge in [0.1, 0.15) is 0 Å². The van der Waals surface area contributed by atoms with Crippen LogP contribution in [-0.2, 0) is 12.3 Å². The molecule has 0 saturated carbocycles. The van der Waals surface area contributed by atoms with Crippen molar-refractivity contribution in [1.29, 1.82) is 0 Å². The van der Waals surface area contributed by atoms with Crippen LogP contribution in [0.2, 0.25) is 0 Å². The van der Waals surface area contributed by atoms with Crippen LogP contribution in [0.15, 0.2) is 176 Å². The maximum atomic E-state index is 16.3. The molecular formula is C37H29F3O3Si3. The molecule has 46 heavy (non-hydrogen) atoms. The first-order valence-electron chi connectivity index (χ1n) is 14.9. The lowest BCUT2D eigenvalue weighted by molar-refractivity contribution is -0.0837. The van der Waals surface area contributed by atoms with E-state index in [1.165, 1.54) is 12.1 Å². The molecule has 0 bridgehead atoms. The second-order valence-electron chi connectivity index (χ2n) is 11.0. The lowest BCUT2D eigenvalue weighted by Crippen LogP contribution is -2.88. The van der Waals surface area contributed by atoms with Gasteiger partial charge in [0.15, 0.2) is 0 Å². The smallest absolute Gasteiger partial charge is 0.402 e. The van der Waals surface area contributed by atoms with Crippen LogP contribution in [0.4, 0.5) is 13.2 Å². The second kappa shape index (κ2) is 12.1. The predicted molar refractivity (Wildman–Crippen MR) is 182 cm³/mol. The summed E-state index contributed by atoms with van der Waals surface area (Å²) in [6.45, 7) is 0. The average Bonchev–Trinajstić information content (AvgIpc) is 3.13. The standard InChI is InChI=1S/C37H29F3O3Si3/c38-37(39,40)46(34-26-14-5-15-27-34)42-44(31-20-8-2-9-21-31,32-22-10-3-11-23-32)41-45(43-46,33-24-12-4-13-25-33)36-29-17-16-28-35(36)30-18-6-1-7-19-30/h1-29H. The van der Waals surface area contributed by atoms with Crippen LogP contribution in [0.3, 0.4) is 0 Å². The van der Waals surface area contributed by atoms with Gasteiger partial charge >= 0.3 is 31.5 Å². The zero-order valence-corrected chi connectivity index (χ0v) is 27.6. The fourth-order valence-electron chi connectivity index (χ4n) is 6.12. The van der Waals surface area contributed by atoms with Crippen molar-refractivity contribution in [3.63, 3.8) is 0 Å². The summed E-state index contributed by atoms with van der Waals surface area (Å²) in [5.41, 5.74) is 1.60. The number of alkyl halides is 3. The summed E-state index contributed by atoms with van der Waals surface area (Å²) < 4.78 is 69.9. The number of rotatable bonds is 6. The Morgan fingerprint density at radius 2 is 0.739 bits per heavy atom. The monoisotopic (exact) mass is 662 g/mol. The Bertz CT molecular complexity index is 1880. The van der Waals surface area contributed by atoms with Gasteiger partial charge in [0.2, 0.25) is 0 Å². The van der Waals surface area contributed by atoms with Crippen LogP contribution in [0.25, 0.3) is 11.1 Å². The average molecular weight is 663 g/mol. The van der Waals surface area contributed by atoms with Crippen molar-refractivity contribution in [1.82, 2.24) is 0 Å². The third-order valence-corrected chi connectivity index (χ3v) is 21.4. The quantitative estimate of drug-likeness (QED) is 0.215. The van der Waals surface area contributed by atoms with E-state index in [-0.39, 0.29) is 5.19 Å². The third-order valence-electron chi connectivity index (χ3n) is 8.22. The topological polar surface area (TPSA) is 27.7 Å². The lowest BCUT2D eigenvalue weighted by Gasteiger charge is -2.53. The highest BCUT2D eigenvalue weighted by atomic mass is 28.5. The van der Waals surface area contributed by atoms with Crippen molar-refractivity contribution in [2.75, 3.05) is 0 Å². The van der Waals surface area contributed by atoms with Crippen LogP contribution in [-0.4, -0.2) is 31.5 Å². The molecule has 0 aromatic heterocycles. The minimum atomic E-state index is -5.39. The maximum Gasteiger partial charge on any atom is 0.475 e. The fourth-order valence-corrected chi connectivity index (χ4v) is 22.6. The van der Waals surface area contributed by atoms with Crippen molar-refractivity contribution >= 4 is 51.6 Å². The SMILES string of the molecule is FC(F)(F)[Si]1(c2ccccc2)O[Si](c2ccccc2)(c2ccccc2)O[Si](c2ccccc2)(c2ccccc2-c2ccccc2)O1. The Kier molecular flexibility index (Phi) is 7.97. The summed E-state index contributed by atoms with van der Waals surface area (Å²) in [7, 11) is -13.9. The minimum absolute atomic E-state index is 0.0143. The number of halogens is 3. The Labute approximate surface area is 269 Å². The molecule has 1 fully saturated rings. The highest BCUT2D eigenvalue weighted by Gasteiger charge is 2.76. The van der Waals surface area contributed by atoms with Gasteiger partial charge in [-0.2, -0.15) is 13.2 Å². The van der Waals surface area contributed by atoms with E-state index in [0.717, 1.165) is 11.1 Å². The molecule has 3 nitrogen and oxygen atoms in total. The molecule has 1 heterocycles. The molecule has 6 aromatic rings. The summed E-state index contributed by atoms with van der Waals surface area (Å²) in [6.07, 6.45) is 0. The number of hydrogen-bond donors (Lipinski definition) is 0. The third kappa shape index (κ3) is 5.11. The van der Waals surface area contributed by atoms with Gasteiger partial charge in [0, 0.05) is 10.4 Å². The first-order chi connectivity index (χ1) is 22.4. The Morgan fingerprint density at radius 3 is 1.22 bits per heavy atom. The predicted octanol–water partition coefficient (Wildman–Crippen LogP) is 5.68. The Balaban J connectivity index is 1.65. The largest absolute Gasteiger partial charge is 0.475 e. The van der Waals surface area contributed by atoms with Crippen LogP contribution in [0, 0.1) is 0 Å². The molecule has 2 atom stereocenters. The van der Waals surface area contributed by atoms with E-state index >= 15 is 13.2 Å². The minimum Gasteiger partial charge on any atom is -0.402 e. The molecule has 228 valence electrons. The fraction of sp³-hybridized carbons (Fsp3) is 0.0270. The molecule has 0 radical (unpaired) electrons. The Morgan fingerprint density at radius 1 is 0.370 bits per heavy atom. The van der Waals surface area contributed by atoms with E-state index in [9.17, 15) is 0 Å². The summed E-state index contributed by atoms with van der Waals surface area (Å²) in [5.74, 6) is -4.87. The van der Waals surface area contributed by atoms with Gasteiger partial charge < -0.3 is 12.3 Å². The van der Waals surface area contributed by atoms with E-state index in [1.807, 2.05) is 146 Å². The molecule has 0 spiro atoms. The molecule has 0 amide bonds. The highest BCUT2D eigenvalue weighted by Crippen LogP contribution is 2.41. The van der Waals surface area contributed by atoms with E-state index < -0.39 is 31.5 Å².